The second-order valence-corrected chi connectivity index (χ2v) is 6.65. The number of rotatable bonds is 6. The van der Waals surface area contributed by atoms with Crippen molar-refractivity contribution in [2.45, 2.75) is 18.7 Å². The van der Waals surface area contributed by atoms with Crippen LogP contribution in [0.25, 0.3) is 0 Å². The van der Waals surface area contributed by atoms with Crippen LogP contribution in [-0.4, -0.2) is 15.0 Å². The molecule has 5 heteroatoms. The van der Waals surface area contributed by atoms with Gasteiger partial charge in [0.15, 0.2) is 0 Å². The van der Waals surface area contributed by atoms with Crippen LogP contribution in [0.4, 0.5) is 5.69 Å². The van der Waals surface area contributed by atoms with Crippen LogP contribution in [-0.2, 0) is 10.0 Å². The lowest BCUT2D eigenvalue weighted by Gasteiger charge is -2.11. The second kappa shape index (κ2) is 6.66. The normalized spacial score (nSPS) is 11.0. The van der Waals surface area contributed by atoms with Crippen molar-refractivity contribution in [2.24, 2.45) is 0 Å². The van der Waals surface area contributed by atoms with Crippen LogP contribution in [0, 0.1) is 13.8 Å². The molecule has 22 heavy (non-hydrogen) atoms. The number of anilines is 1. The van der Waals surface area contributed by atoms with E-state index in [1.807, 2.05) is 13.0 Å². The molecule has 116 valence electrons. The number of hydrogen-bond acceptors (Lipinski definition) is 3. The van der Waals surface area contributed by atoms with Crippen LogP contribution in [0.5, 0.6) is 5.75 Å². The summed E-state index contributed by atoms with van der Waals surface area (Å²) in [4.78, 5) is 0.291. The first-order valence-corrected chi connectivity index (χ1v) is 8.34. The summed E-state index contributed by atoms with van der Waals surface area (Å²) >= 11 is 0. The third kappa shape index (κ3) is 3.89. The molecule has 0 spiro atoms. The SMILES string of the molecule is C=CCOc1ccc(NS(=O)(=O)c2cc(C)ccc2C)cc1. The highest BCUT2D eigenvalue weighted by Crippen LogP contribution is 2.22. The van der Waals surface area contributed by atoms with Gasteiger partial charge in [0.2, 0.25) is 0 Å². The molecule has 0 unspecified atom stereocenters. The van der Waals surface area contributed by atoms with Gasteiger partial charge in [-0.2, -0.15) is 0 Å². The molecule has 0 aromatic heterocycles. The Morgan fingerprint density at radius 2 is 1.82 bits per heavy atom. The molecular formula is C17H19NO3S. The van der Waals surface area contributed by atoms with Crippen molar-refractivity contribution in [2.75, 3.05) is 11.3 Å². The van der Waals surface area contributed by atoms with Crippen LogP contribution < -0.4 is 9.46 Å². The number of nitrogens with one attached hydrogen (secondary N) is 1. The van der Waals surface area contributed by atoms with Crippen LogP contribution >= 0.6 is 0 Å². The molecule has 0 bridgehead atoms. The van der Waals surface area contributed by atoms with Gasteiger partial charge >= 0.3 is 0 Å². The molecule has 0 radical (unpaired) electrons. The fraction of sp³-hybridized carbons (Fsp3) is 0.176. The van der Waals surface area contributed by atoms with E-state index in [1.54, 1.807) is 49.4 Å². The Morgan fingerprint density at radius 3 is 2.45 bits per heavy atom. The molecule has 1 N–H and O–H groups in total. The number of aryl methyl sites for hydroxylation is 2. The van der Waals surface area contributed by atoms with E-state index in [4.69, 9.17) is 4.74 Å². The van der Waals surface area contributed by atoms with E-state index in [0.717, 1.165) is 5.56 Å². The van der Waals surface area contributed by atoms with Gasteiger partial charge in [-0.15, -0.1) is 0 Å². The van der Waals surface area contributed by atoms with Gasteiger partial charge in [-0.25, -0.2) is 8.42 Å². The van der Waals surface area contributed by atoms with Crippen molar-refractivity contribution in [3.8, 4) is 5.75 Å². The van der Waals surface area contributed by atoms with Crippen molar-refractivity contribution in [3.05, 3.63) is 66.2 Å². The molecule has 0 amide bonds. The van der Waals surface area contributed by atoms with Gasteiger partial charge in [0.05, 0.1) is 4.90 Å². The summed E-state index contributed by atoms with van der Waals surface area (Å²) in [6.07, 6.45) is 1.65. The van der Waals surface area contributed by atoms with Crippen molar-refractivity contribution in [3.63, 3.8) is 0 Å². The van der Waals surface area contributed by atoms with Crippen molar-refractivity contribution in [1.82, 2.24) is 0 Å². The quantitative estimate of drug-likeness (QED) is 0.827. The Morgan fingerprint density at radius 1 is 1.14 bits per heavy atom. The predicted molar refractivity (Wildman–Crippen MR) is 88.9 cm³/mol. The maximum Gasteiger partial charge on any atom is 0.262 e. The van der Waals surface area contributed by atoms with Gasteiger partial charge in [0, 0.05) is 5.69 Å². The second-order valence-electron chi connectivity index (χ2n) is 5.00. The van der Waals surface area contributed by atoms with Crippen molar-refractivity contribution >= 4 is 15.7 Å². The van der Waals surface area contributed by atoms with E-state index >= 15 is 0 Å². The number of benzene rings is 2. The average Bonchev–Trinajstić information content (AvgIpc) is 2.48. The van der Waals surface area contributed by atoms with Gasteiger partial charge in [-0.1, -0.05) is 24.8 Å². The van der Waals surface area contributed by atoms with Gasteiger partial charge in [0.1, 0.15) is 12.4 Å². The van der Waals surface area contributed by atoms with E-state index in [1.165, 1.54) is 0 Å². The zero-order valence-corrected chi connectivity index (χ0v) is 13.5. The van der Waals surface area contributed by atoms with E-state index in [-0.39, 0.29) is 0 Å². The Kier molecular flexibility index (Phi) is 4.88. The van der Waals surface area contributed by atoms with Crippen LogP contribution in [0.2, 0.25) is 0 Å². The predicted octanol–water partition coefficient (Wildman–Crippen LogP) is 3.67. The zero-order valence-electron chi connectivity index (χ0n) is 12.7. The lowest BCUT2D eigenvalue weighted by molar-refractivity contribution is 0.363. The highest BCUT2D eigenvalue weighted by atomic mass is 32.2. The summed E-state index contributed by atoms with van der Waals surface area (Å²) in [6, 6.07) is 12.1. The molecule has 0 fully saturated rings. The molecule has 0 saturated heterocycles. The summed E-state index contributed by atoms with van der Waals surface area (Å²) in [6.45, 7) is 7.63. The highest BCUT2D eigenvalue weighted by molar-refractivity contribution is 7.92. The van der Waals surface area contributed by atoms with E-state index < -0.39 is 10.0 Å². The molecule has 0 heterocycles. The lowest BCUT2D eigenvalue weighted by atomic mass is 10.2. The Bertz CT molecular complexity index is 765. The molecular weight excluding hydrogens is 298 g/mol. The minimum absolute atomic E-state index is 0.291. The molecule has 4 nitrogen and oxygen atoms in total. The van der Waals surface area contributed by atoms with Gasteiger partial charge in [-0.3, -0.25) is 4.72 Å². The topological polar surface area (TPSA) is 55.4 Å². The minimum Gasteiger partial charge on any atom is -0.490 e. The first kappa shape index (κ1) is 16.1. The van der Waals surface area contributed by atoms with Crippen molar-refractivity contribution < 1.29 is 13.2 Å². The summed E-state index contributed by atoms with van der Waals surface area (Å²) < 4.78 is 32.9. The molecule has 2 aromatic carbocycles. The molecule has 0 aliphatic heterocycles. The summed E-state index contributed by atoms with van der Waals surface area (Å²) in [7, 11) is -3.60. The number of hydrogen-bond donors (Lipinski definition) is 1. The Balaban J connectivity index is 2.21. The smallest absolute Gasteiger partial charge is 0.262 e. The Labute approximate surface area is 131 Å². The van der Waals surface area contributed by atoms with E-state index in [9.17, 15) is 8.42 Å². The summed E-state index contributed by atoms with van der Waals surface area (Å²) in [5, 5.41) is 0. The standard InChI is InChI=1S/C17H19NO3S/c1-4-11-21-16-9-7-15(8-10-16)18-22(19,20)17-12-13(2)5-6-14(17)3/h4-10,12,18H,1,11H2,2-3H3. The number of sulfonamides is 1. The first-order chi connectivity index (χ1) is 10.4. The van der Waals surface area contributed by atoms with Gasteiger partial charge in [-0.05, 0) is 55.3 Å². The molecule has 0 saturated carbocycles. The third-order valence-electron chi connectivity index (χ3n) is 3.11. The third-order valence-corrected chi connectivity index (χ3v) is 4.63. The van der Waals surface area contributed by atoms with Gasteiger partial charge < -0.3 is 4.74 Å². The van der Waals surface area contributed by atoms with Crippen molar-refractivity contribution in [1.29, 1.82) is 0 Å². The monoisotopic (exact) mass is 317 g/mol. The molecule has 0 aliphatic rings. The largest absolute Gasteiger partial charge is 0.490 e. The van der Waals surface area contributed by atoms with Crippen LogP contribution in [0.1, 0.15) is 11.1 Å². The van der Waals surface area contributed by atoms with E-state index in [2.05, 4.69) is 11.3 Å². The number of ether oxygens (including phenoxy) is 1. The zero-order chi connectivity index (χ0) is 16.2. The maximum absolute atomic E-state index is 12.5. The van der Waals surface area contributed by atoms with Gasteiger partial charge in [0.25, 0.3) is 10.0 Å². The summed E-state index contributed by atoms with van der Waals surface area (Å²) in [5.74, 6) is 0.662. The maximum atomic E-state index is 12.5. The fourth-order valence-corrected chi connectivity index (χ4v) is 3.37. The summed E-state index contributed by atoms with van der Waals surface area (Å²) in [5.41, 5.74) is 2.11. The minimum atomic E-state index is -3.60. The molecule has 0 atom stereocenters. The lowest BCUT2D eigenvalue weighted by Crippen LogP contribution is -2.14. The molecule has 0 aliphatic carbocycles. The average molecular weight is 317 g/mol. The van der Waals surface area contributed by atoms with Crippen LogP contribution in [0.15, 0.2) is 60.0 Å². The molecule has 2 aromatic rings. The molecule has 2 rings (SSSR count). The van der Waals surface area contributed by atoms with E-state index in [0.29, 0.717) is 28.5 Å². The highest BCUT2D eigenvalue weighted by Gasteiger charge is 2.17. The Hall–Kier alpha value is -2.27. The first-order valence-electron chi connectivity index (χ1n) is 6.86. The fourth-order valence-electron chi connectivity index (χ4n) is 1.98. The van der Waals surface area contributed by atoms with Crippen LogP contribution in [0.3, 0.4) is 0 Å².